The van der Waals surface area contributed by atoms with Crippen LogP contribution < -0.4 is 15.9 Å². The second-order valence-electron chi connectivity index (χ2n) is 8.33. The SMILES string of the molecule is CC(C)(N)n1nc[n+]2ccc3nc(-c4ccc(CN)cc4)c(-c4ccccc4)cc3c12. The Kier molecular flexibility index (Phi) is 4.54. The lowest BCUT2D eigenvalue weighted by Gasteiger charge is -2.15. The maximum absolute atomic E-state index is 6.41. The minimum absolute atomic E-state index is 0.519. The van der Waals surface area contributed by atoms with Crippen molar-refractivity contribution in [1.82, 2.24) is 14.8 Å². The molecule has 5 aromatic rings. The monoisotopic (exact) mass is 409 g/mol. The van der Waals surface area contributed by atoms with E-state index in [-0.39, 0.29) is 0 Å². The van der Waals surface area contributed by atoms with Crippen LogP contribution in [0.1, 0.15) is 19.4 Å². The Morgan fingerprint density at radius 3 is 2.39 bits per heavy atom. The van der Waals surface area contributed by atoms with Crippen molar-refractivity contribution >= 4 is 16.6 Å². The summed E-state index contributed by atoms with van der Waals surface area (Å²) in [7, 11) is 0. The highest BCUT2D eigenvalue weighted by atomic mass is 15.4. The van der Waals surface area contributed by atoms with Gasteiger partial charge < -0.3 is 5.73 Å². The molecule has 154 valence electrons. The fourth-order valence-electron chi connectivity index (χ4n) is 3.95. The Bertz CT molecular complexity index is 1380. The largest absolute Gasteiger partial charge is 0.326 e. The summed E-state index contributed by atoms with van der Waals surface area (Å²) in [5, 5.41) is 5.53. The molecule has 0 amide bonds. The van der Waals surface area contributed by atoms with Gasteiger partial charge in [-0.25, -0.2) is 9.38 Å². The number of aromatic nitrogens is 4. The third-order valence-corrected chi connectivity index (χ3v) is 5.52. The van der Waals surface area contributed by atoms with E-state index >= 15 is 0 Å². The molecular weight excluding hydrogens is 384 g/mol. The average molecular weight is 410 g/mol. The van der Waals surface area contributed by atoms with Gasteiger partial charge in [-0.1, -0.05) is 59.3 Å². The minimum Gasteiger partial charge on any atom is -0.326 e. The molecule has 0 aliphatic heterocycles. The van der Waals surface area contributed by atoms with Gasteiger partial charge in [0.2, 0.25) is 0 Å². The number of benzene rings is 2. The second-order valence-corrected chi connectivity index (χ2v) is 8.33. The van der Waals surface area contributed by atoms with Crippen molar-refractivity contribution in [3.63, 3.8) is 0 Å². The number of hydrogen-bond donors (Lipinski definition) is 2. The van der Waals surface area contributed by atoms with Gasteiger partial charge in [0.05, 0.1) is 22.8 Å². The first kappa shape index (κ1) is 19.4. The van der Waals surface area contributed by atoms with Crippen LogP contribution in [0.2, 0.25) is 0 Å². The van der Waals surface area contributed by atoms with Crippen LogP contribution in [0, 0.1) is 0 Å². The molecule has 5 rings (SSSR count). The van der Waals surface area contributed by atoms with Gasteiger partial charge in [-0.3, -0.25) is 5.73 Å². The molecule has 0 saturated carbocycles. The van der Waals surface area contributed by atoms with Gasteiger partial charge in [0, 0.05) is 22.8 Å². The fourth-order valence-corrected chi connectivity index (χ4v) is 3.95. The Morgan fingerprint density at radius 1 is 0.968 bits per heavy atom. The van der Waals surface area contributed by atoms with Crippen molar-refractivity contribution in [2.45, 2.75) is 26.1 Å². The minimum atomic E-state index is -0.646. The highest BCUT2D eigenvalue weighted by molar-refractivity contribution is 5.97. The molecule has 3 aromatic heterocycles. The molecule has 0 atom stereocenters. The molecule has 0 saturated heterocycles. The Labute approximate surface area is 180 Å². The van der Waals surface area contributed by atoms with Crippen molar-refractivity contribution in [2.24, 2.45) is 11.5 Å². The van der Waals surface area contributed by atoms with E-state index in [1.807, 2.05) is 53.4 Å². The molecule has 3 heterocycles. The summed E-state index contributed by atoms with van der Waals surface area (Å²) in [4.78, 5) is 5.10. The zero-order valence-electron chi connectivity index (χ0n) is 17.7. The molecule has 0 aliphatic rings. The third kappa shape index (κ3) is 3.36. The van der Waals surface area contributed by atoms with Gasteiger partial charge in [-0.05, 0) is 37.1 Å². The molecule has 0 bridgehead atoms. The van der Waals surface area contributed by atoms with Gasteiger partial charge >= 0.3 is 0 Å². The molecule has 4 N–H and O–H groups in total. The maximum Gasteiger partial charge on any atom is 0.276 e. The molecule has 0 fully saturated rings. The molecule has 6 heteroatoms. The van der Waals surface area contributed by atoms with E-state index in [1.165, 1.54) is 0 Å². The van der Waals surface area contributed by atoms with Gasteiger partial charge in [0.15, 0.2) is 5.66 Å². The summed E-state index contributed by atoms with van der Waals surface area (Å²) >= 11 is 0. The van der Waals surface area contributed by atoms with Crippen molar-refractivity contribution in [2.75, 3.05) is 0 Å². The van der Waals surface area contributed by atoms with Crippen molar-refractivity contribution in [3.8, 4) is 22.4 Å². The molecule has 31 heavy (non-hydrogen) atoms. The average Bonchev–Trinajstić information content (AvgIpc) is 3.24. The first-order chi connectivity index (χ1) is 15.0. The number of fused-ring (bicyclic) bond motifs is 3. The third-order valence-electron chi connectivity index (χ3n) is 5.52. The molecule has 0 aliphatic carbocycles. The molecule has 0 unspecified atom stereocenters. The summed E-state index contributed by atoms with van der Waals surface area (Å²) in [5.41, 5.74) is 18.6. The number of rotatable bonds is 4. The summed E-state index contributed by atoms with van der Waals surface area (Å²) in [6.07, 6.45) is 3.76. The van der Waals surface area contributed by atoms with E-state index in [1.54, 1.807) is 6.33 Å². The smallest absolute Gasteiger partial charge is 0.276 e. The highest BCUT2D eigenvalue weighted by Crippen LogP contribution is 2.34. The van der Waals surface area contributed by atoms with E-state index < -0.39 is 5.66 Å². The van der Waals surface area contributed by atoms with Crippen molar-refractivity contribution in [1.29, 1.82) is 0 Å². The lowest BCUT2D eigenvalue weighted by Crippen LogP contribution is -2.38. The second kappa shape index (κ2) is 7.27. The standard InChI is InChI=1S/C25H25N6/c1-25(2,27)31-24-21-14-20(18-6-4-3-5-7-18)23(19-10-8-17(15-26)9-11-19)29-22(21)12-13-30(24)16-28-31/h3-14,16H,15,26-27H2,1-2H3/q+1. The Hall–Kier alpha value is -3.61. The van der Waals surface area contributed by atoms with Crippen LogP contribution in [0.3, 0.4) is 0 Å². The van der Waals surface area contributed by atoms with E-state index in [4.69, 9.17) is 16.5 Å². The summed E-state index contributed by atoms with van der Waals surface area (Å²) in [6, 6.07) is 22.8. The molecule has 0 radical (unpaired) electrons. The Morgan fingerprint density at radius 2 is 1.71 bits per heavy atom. The van der Waals surface area contributed by atoms with E-state index in [0.717, 1.165) is 44.5 Å². The zero-order valence-corrected chi connectivity index (χ0v) is 17.7. The van der Waals surface area contributed by atoms with Crippen LogP contribution in [-0.4, -0.2) is 14.8 Å². The van der Waals surface area contributed by atoms with Gasteiger partial charge in [0.1, 0.15) is 0 Å². The van der Waals surface area contributed by atoms with Gasteiger partial charge in [-0.15, -0.1) is 0 Å². The van der Waals surface area contributed by atoms with Gasteiger partial charge in [0.25, 0.3) is 12.0 Å². The molecule has 6 nitrogen and oxygen atoms in total. The maximum atomic E-state index is 6.41. The van der Waals surface area contributed by atoms with Crippen LogP contribution >= 0.6 is 0 Å². The van der Waals surface area contributed by atoms with E-state index in [0.29, 0.717) is 6.54 Å². The lowest BCUT2D eigenvalue weighted by atomic mass is 9.97. The lowest BCUT2D eigenvalue weighted by molar-refractivity contribution is -0.511. The number of hydrogen-bond acceptors (Lipinski definition) is 4. The number of pyridine rings is 2. The van der Waals surface area contributed by atoms with Crippen LogP contribution in [0.15, 0.2) is 79.3 Å². The van der Waals surface area contributed by atoms with Crippen LogP contribution in [0.5, 0.6) is 0 Å². The van der Waals surface area contributed by atoms with Crippen molar-refractivity contribution in [3.05, 3.63) is 84.8 Å². The van der Waals surface area contributed by atoms with Crippen LogP contribution in [0.25, 0.3) is 38.9 Å². The Balaban J connectivity index is 1.85. The molecule has 0 spiro atoms. The van der Waals surface area contributed by atoms with Crippen molar-refractivity contribution < 1.29 is 4.40 Å². The van der Waals surface area contributed by atoms with Gasteiger partial charge in [-0.2, -0.15) is 0 Å². The predicted molar refractivity (Wildman–Crippen MR) is 123 cm³/mol. The quantitative estimate of drug-likeness (QED) is 0.444. The zero-order chi connectivity index (χ0) is 21.6. The molecular formula is C25H25N6+. The normalized spacial score (nSPS) is 12.0. The summed E-state index contributed by atoms with van der Waals surface area (Å²) < 4.78 is 3.84. The molecule has 2 aromatic carbocycles. The topological polar surface area (TPSA) is 86.9 Å². The van der Waals surface area contributed by atoms with Crippen LogP contribution in [0.4, 0.5) is 0 Å². The highest BCUT2D eigenvalue weighted by Gasteiger charge is 2.28. The summed E-state index contributed by atoms with van der Waals surface area (Å²) in [5.74, 6) is 0. The fraction of sp³-hybridized carbons (Fsp3) is 0.160. The van der Waals surface area contributed by atoms with Crippen LogP contribution in [-0.2, 0) is 12.2 Å². The first-order valence-electron chi connectivity index (χ1n) is 10.3. The summed E-state index contributed by atoms with van der Waals surface area (Å²) in [6.45, 7) is 4.40. The number of nitrogens with two attached hydrogens (primary N) is 2. The van der Waals surface area contributed by atoms with E-state index in [9.17, 15) is 0 Å². The van der Waals surface area contributed by atoms with E-state index in [2.05, 4.69) is 47.6 Å². The predicted octanol–water partition coefficient (Wildman–Crippen LogP) is 3.61. The number of nitrogens with zero attached hydrogens (tertiary/aromatic N) is 4. The first-order valence-corrected chi connectivity index (χ1v) is 10.3.